The molecule has 0 spiro atoms. The summed E-state index contributed by atoms with van der Waals surface area (Å²) in [5.41, 5.74) is 14.1. The summed E-state index contributed by atoms with van der Waals surface area (Å²) in [6, 6.07) is 10.9. The molecule has 1 heterocycles. The Morgan fingerprint density at radius 2 is 2.00 bits per heavy atom. The van der Waals surface area contributed by atoms with Gasteiger partial charge in [0.25, 0.3) is 0 Å². The van der Waals surface area contributed by atoms with E-state index in [1.165, 1.54) is 0 Å². The van der Waals surface area contributed by atoms with Gasteiger partial charge in [0.05, 0.1) is 17.3 Å². The van der Waals surface area contributed by atoms with Crippen molar-refractivity contribution in [1.29, 1.82) is 5.26 Å². The highest BCUT2D eigenvalue weighted by molar-refractivity contribution is 5.67. The van der Waals surface area contributed by atoms with Crippen molar-refractivity contribution >= 4 is 23.0 Å². The number of nitrogens with one attached hydrogen (secondary N) is 1. The van der Waals surface area contributed by atoms with Crippen LogP contribution in [0.5, 0.6) is 0 Å². The summed E-state index contributed by atoms with van der Waals surface area (Å²) in [6.45, 7) is 1.95. The fourth-order valence-corrected chi connectivity index (χ4v) is 1.52. The molecule has 0 fully saturated rings. The first-order chi connectivity index (χ1) is 8.60. The van der Waals surface area contributed by atoms with Gasteiger partial charge in [-0.05, 0) is 36.8 Å². The lowest BCUT2D eigenvalue weighted by atomic mass is 10.1. The minimum Gasteiger partial charge on any atom is -0.396 e. The highest BCUT2D eigenvalue weighted by atomic mass is 15.0. The Kier molecular flexibility index (Phi) is 3.02. The van der Waals surface area contributed by atoms with Crippen molar-refractivity contribution in [2.45, 2.75) is 6.92 Å². The number of nitriles is 1. The van der Waals surface area contributed by atoms with Gasteiger partial charge in [-0.1, -0.05) is 6.07 Å². The summed E-state index contributed by atoms with van der Waals surface area (Å²) in [4.78, 5) is 4.12. The summed E-state index contributed by atoms with van der Waals surface area (Å²) < 4.78 is 0. The number of nitrogen functional groups attached to an aromatic ring is 2. The molecule has 5 N–H and O–H groups in total. The molecule has 0 unspecified atom stereocenters. The smallest absolute Gasteiger partial charge is 0.149 e. The maximum absolute atomic E-state index is 8.87. The van der Waals surface area contributed by atoms with Crippen LogP contribution in [0.1, 0.15) is 11.1 Å². The van der Waals surface area contributed by atoms with Gasteiger partial charge in [-0.2, -0.15) is 5.26 Å². The maximum Gasteiger partial charge on any atom is 0.149 e. The summed E-state index contributed by atoms with van der Waals surface area (Å²) in [7, 11) is 0. The fourth-order valence-electron chi connectivity index (χ4n) is 1.52. The number of hydrogen-bond donors (Lipinski definition) is 3. The minimum absolute atomic E-state index is 0.286. The zero-order valence-electron chi connectivity index (χ0n) is 9.94. The molecule has 0 radical (unpaired) electrons. The topological polar surface area (TPSA) is 101 Å². The van der Waals surface area contributed by atoms with Crippen LogP contribution in [-0.2, 0) is 0 Å². The Bertz CT molecular complexity index is 628. The number of nitrogens with zero attached hydrogens (tertiary/aromatic N) is 2. The van der Waals surface area contributed by atoms with Gasteiger partial charge in [0.2, 0.25) is 0 Å². The van der Waals surface area contributed by atoms with Crippen LogP contribution in [-0.4, -0.2) is 4.98 Å². The van der Waals surface area contributed by atoms with E-state index < -0.39 is 0 Å². The van der Waals surface area contributed by atoms with Crippen LogP contribution >= 0.6 is 0 Å². The summed E-state index contributed by atoms with van der Waals surface area (Å²) in [5.74, 6) is 0.883. The lowest BCUT2D eigenvalue weighted by Crippen LogP contribution is -2.02. The third-order valence-corrected chi connectivity index (χ3v) is 2.59. The predicted octanol–water partition coefficient (Wildman–Crippen LogP) is 2.17. The normalized spacial score (nSPS) is 9.78. The first-order valence-corrected chi connectivity index (χ1v) is 5.40. The predicted molar refractivity (Wildman–Crippen MR) is 72.2 cm³/mol. The number of hydrogen-bond acceptors (Lipinski definition) is 5. The lowest BCUT2D eigenvalue weighted by Gasteiger charge is -2.10. The molecule has 0 aliphatic carbocycles. The molecule has 0 atom stereocenters. The molecule has 0 amide bonds. The number of pyridine rings is 1. The molecular formula is C13H13N5. The highest BCUT2D eigenvalue weighted by Crippen LogP contribution is 2.22. The number of aromatic nitrogens is 1. The highest BCUT2D eigenvalue weighted by Gasteiger charge is 2.03. The number of anilines is 4. The van der Waals surface area contributed by atoms with Crippen LogP contribution in [0.4, 0.5) is 23.0 Å². The Balaban J connectivity index is 2.33. The first kappa shape index (κ1) is 11.7. The Morgan fingerprint density at radius 3 is 2.67 bits per heavy atom. The molecular weight excluding hydrogens is 226 g/mol. The average Bonchev–Trinajstić information content (AvgIpc) is 2.36. The van der Waals surface area contributed by atoms with Crippen molar-refractivity contribution in [3.8, 4) is 6.07 Å². The Hall–Kier alpha value is -2.74. The van der Waals surface area contributed by atoms with Gasteiger partial charge in [0.1, 0.15) is 11.6 Å². The van der Waals surface area contributed by atoms with Crippen molar-refractivity contribution in [2.75, 3.05) is 16.8 Å². The molecule has 5 nitrogen and oxygen atoms in total. The van der Waals surface area contributed by atoms with E-state index >= 15 is 0 Å². The molecule has 2 rings (SSSR count). The molecule has 0 saturated heterocycles. The van der Waals surface area contributed by atoms with Gasteiger partial charge in [-0.15, -0.1) is 0 Å². The number of rotatable bonds is 2. The zero-order valence-corrected chi connectivity index (χ0v) is 9.94. The standard InChI is InChI=1S/C13H13N5/c1-8-2-3-9(7-14)6-11(8)17-12-5-4-10(15)13(16)18-12/h2-6H,15H2,1H3,(H3,16,17,18). The van der Waals surface area contributed by atoms with Gasteiger partial charge >= 0.3 is 0 Å². The molecule has 18 heavy (non-hydrogen) atoms. The SMILES string of the molecule is Cc1ccc(C#N)cc1Nc1ccc(N)c(N)n1. The molecule has 0 aliphatic heterocycles. The van der Waals surface area contributed by atoms with Crippen LogP contribution < -0.4 is 16.8 Å². The largest absolute Gasteiger partial charge is 0.396 e. The van der Waals surface area contributed by atoms with Crippen molar-refractivity contribution < 1.29 is 0 Å². The van der Waals surface area contributed by atoms with Crippen molar-refractivity contribution in [1.82, 2.24) is 4.98 Å². The maximum atomic E-state index is 8.87. The molecule has 0 aliphatic rings. The van der Waals surface area contributed by atoms with E-state index in [1.54, 1.807) is 24.3 Å². The van der Waals surface area contributed by atoms with Gasteiger partial charge in [0, 0.05) is 5.69 Å². The van der Waals surface area contributed by atoms with Gasteiger partial charge in [0.15, 0.2) is 0 Å². The molecule has 2 aromatic rings. The van der Waals surface area contributed by atoms with Crippen LogP contribution in [0, 0.1) is 18.3 Å². The fraction of sp³-hybridized carbons (Fsp3) is 0.0769. The van der Waals surface area contributed by atoms with Crippen molar-refractivity contribution in [2.24, 2.45) is 0 Å². The summed E-state index contributed by atoms with van der Waals surface area (Å²) in [6.07, 6.45) is 0. The van der Waals surface area contributed by atoms with Gasteiger partial charge < -0.3 is 16.8 Å². The number of aryl methyl sites for hydroxylation is 1. The lowest BCUT2D eigenvalue weighted by molar-refractivity contribution is 1.30. The third kappa shape index (κ3) is 2.33. The Morgan fingerprint density at radius 1 is 1.22 bits per heavy atom. The van der Waals surface area contributed by atoms with Gasteiger partial charge in [-0.3, -0.25) is 0 Å². The second-order valence-electron chi connectivity index (χ2n) is 3.94. The van der Waals surface area contributed by atoms with Crippen LogP contribution in [0.2, 0.25) is 0 Å². The van der Waals surface area contributed by atoms with Crippen LogP contribution in [0.3, 0.4) is 0 Å². The molecule has 5 heteroatoms. The average molecular weight is 239 g/mol. The van der Waals surface area contributed by atoms with E-state index in [0.29, 0.717) is 17.1 Å². The summed E-state index contributed by atoms with van der Waals surface area (Å²) in [5, 5.41) is 12.0. The molecule has 1 aromatic heterocycles. The monoisotopic (exact) mass is 239 g/mol. The quantitative estimate of drug-likeness (QED) is 0.745. The minimum atomic E-state index is 0.286. The van der Waals surface area contributed by atoms with Crippen LogP contribution in [0.15, 0.2) is 30.3 Å². The summed E-state index contributed by atoms with van der Waals surface area (Å²) >= 11 is 0. The van der Waals surface area contributed by atoms with Crippen molar-refractivity contribution in [3.63, 3.8) is 0 Å². The second-order valence-corrected chi connectivity index (χ2v) is 3.94. The van der Waals surface area contributed by atoms with E-state index in [4.69, 9.17) is 16.7 Å². The van der Waals surface area contributed by atoms with Crippen LogP contribution in [0.25, 0.3) is 0 Å². The van der Waals surface area contributed by atoms with E-state index in [9.17, 15) is 0 Å². The molecule has 0 saturated carbocycles. The third-order valence-electron chi connectivity index (χ3n) is 2.59. The van der Waals surface area contributed by atoms with Crippen molar-refractivity contribution in [3.05, 3.63) is 41.5 Å². The second kappa shape index (κ2) is 4.63. The van der Waals surface area contributed by atoms with E-state index in [-0.39, 0.29) is 5.82 Å². The Labute approximate surface area is 105 Å². The molecule has 0 bridgehead atoms. The van der Waals surface area contributed by atoms with E-state index in [1.807, 2.05) is 13.0 Å². The molecule has 1 aromatic carbocycles. The van der Waals surface area contributed by atoms with E-state index in [0.717, 1.165) is 11.3 Å². The van der Waals surface area contributed by atoms with Gasteiger partial charge in [-0.25, -0.2) is 4.98 Å². The first-order valence-electron chi connectivity index (χ1n) is 5.40. The van der Waals surface area contributed by atoms with E-state index in [2.05, 4.69) is 16.4 Å². The number of benzene rings is 1. The zero-order chi connectivity index (χ0) is 13.1. The molecule has 90 valence electrons. The number of nitrogens with two attached hydrogens (primary N) is 2.